The van der Waals surface area contributed by atoms with Crippen molar-refractivity contribution in [3.63, 3.8) is 0 Å². The van der Waals surface area contributed by atoms with Gasteiger partial charge in [-0.3, -0.25) is 19.2 Å². The third-order valence-corrected chi connectivity index (χ3v) is 5.62. The van der Waals surface area contributed by atoms with E-state index >= 15 is 0 Å². The summed E-state index contributed by atoms with van der Waals surface area (Å²) in [4.78, 5) is 24.9. The minimum absolute atomic E-state index is 0.0835. The number of amides is 1. The molecule has 0 fully saturated rings. The van der Waals surface area contributed by atoms with Gasteiger partial charge in [-0.1, -0.05) is 24.3 Å². The molecule has 1 aliphatic rings. The van der Waals surface area contributed by atoms with Crippen LogP contribution in [0.1, 0.15) is 12.5 Å². The van der Waals surface area contributed by atoms with Crippen LogP contribution in [0.2, 0.25) is 0 Å². The zero-order valence-electron chi connectivity index (χ0n) is 14.9. The lowest BCUT2D eigenvalue weighted by molar-refractivity contribution is -0.384. The smallest absolute Gasteiger partial charge is 0.271 e. The maximum atomic E-state index is 13.0. The fourth-order valence-corrected chi connectivity index (χ4v) is 4.15. The van der Waals surface area contributed by atoms with E-state index in [1.165, 1.54) is 18.2 Å². The first-order valence-electron chi connectivity index (χ1n) is 8.30. The Morgan fingerprint density at radius 3 is 2.63 bits per heavy atom. The van der Waals surface area contributed by atoms with E-state index in [9.17, 15) is 23.3 Å². The van der Waals surface area contributed by atoms with Crippen molar-refractivity contribution in [2.45, 2.75) is 19.4 Å². The zero-order chi connectivity index (χ0) is 19.8. The van der Waals surface area contributed by atoms with Crippen molar-refractivity contribution in [3.05, 3.63) is 64.2 Å². The highest BCUT2D eigenvalue weighted by Gasteiger charge is 2.33. The summed E-state index contributed by atoms with van der Waals surface area (Å²) in [7, 11) is -3.82. The van der Waals surface area contributed by atoms with Crippen molar-refractivity contribution in [3.8, 4) is 0 Å². The molecular formula is C18H19N3O5S. The van der Waals surface area contributed by atoms with Crippen LogP contribution in [0.25, 0.3) is 0 Å². The Bertz CT molecular complexity index is 1010. The van der Waals surface area contributed by atoms with E-state index in [4.69, 9.17) is 0 Å². The summed E-state index contributed by atoms with van der Waals surface area (Å²) in [5.41, 5.74) is 1.63. The van der Waals surface area contributed by atoms with Crippen LogP contribution in [0.4, 0.5) is 17.1 Å². The van der Waals surface area contributed by atoms with Gasteiger partial charge in [0.15, 0.2) is 0 Å². The van der Waals surface area contributed by atoms with Gasteiger partial charge in [-0.25, -0.2) is 8.42 Å². The van der Waals surface area contributed by atoms with Gasteiger partial charge in [0.25, 0.3) is 5.69 Å². The quantitative estimate of drug-likeness (QED) is 0.577. The van der Waals surface area contributed by atoms with Crippen molar-refractivity contribution < 1.29 is 18.1 Å². The number of non-ortho nitro benzene ring substituents is 1. The maximum absolute atomic E-state index is 13.0. The zero-order valence-corrected chi connectivity index (χ0v) is 15.7. The average molecular weight is 389 g/mol. The molecule has 0 bridgehead atoms. The van der Waals surface area contributed by atoms with Crippen molar-refractivity contribution in [2.75, 3.05) is 22.0 Å². The third-order valence-electron chi connectivity index (χ3n) is 4.48. The molecule has 1 atom stereocenters. The summed E-state index contributed by atoms with van der Waals surface area (Å²) in [6.07, 6.45) is 1.66. The Hall–Kier alpha value is -2.94. The van der Waals surface area contributed by atoms with Crippen LogP contribution in [0.3, 0.4) is 0 Å². The fraction of sp³-hybridized carbons (Fsp3) is 0.278. The summed E-state index contributed by atoms with van der Waals surface area (Å²) >= 11 is 0. The Morgan fingerprint density at radius 2 is 1.96 bits per heavy atom. The van der Waals surface area contributed by atoms with Gasteiger partial charge in [-0.05, 0) is 31.0 Å². The van der Waals surface area contributed by atoms with Gasteiger partial charge < -0.3 is 4.90 Å². The Morgan fingerprint density at radius 1 is 1.26 bits per heavy atom. The molecule has 0 unspecified atom stereocenters. The van der Waals surface area contributed by atoms with E-state index in [0.29, 0.717) is 6.42 Å². The molecule has 27 heavy (non-hydrogen) atoms. The average Bonchev–Trinajstić information content (AvgIpc) is 2.94. The second-order valence-electron chi connectivity index (χ2n) is 6.49. The SMILES string of the molecule is C[C@@H]1Cc2ccccc2N1C(=O)CN(c1cccc([N+](=O)[O-])c1)S(C)(=O)=O. The molecule has 0 aliphatic carbocycles. The predicted molar refractivity (Wildman–Crippen MR) is 102 cm³/mol. The lowest BCUT2D eigenvalue weighted by atomic mass is 10.1. The van der Waals surface area contributed by atoms with Crippen LogP contribution in [0.15, 0.2) is 48.5 Å². The van der Waals surface area contributed by atoms with E-state index in [2.05, 4.69) is 0 Å². The molecule has 0 spiro atoms. The van der Waals surface area contributed by atoms with Gasteiger partial charge in [0.2, 0.25) is 15.9 Å². The van der Waals surface area contributed by atoms with Crippen molar-refractivity contribution in [2.24, 2.45) is 0 Å². The van der Waals surface area contributed by atoms with Gasteiger partial charge in [-0.2, -0.15) is 0 Å². The van der Waals surface area contributed by atoms with Gasteiger partial charge in [0.05, 0.1) is 16.9 Å². The van der Waals surface area contributed by atoms with Crippen LogP contribution in [-0.4, -0.2) is 38.1 Å². The number of carbonyl (C=O) groups excluding carboxylic acids is 1. The first kappa shape index (κ1) is 18.8. The monoisotopic (exact) mass is 389 g/mol. The molecule has 0 saturated heterocycles. The van der Waals surface area contributed by atoms with Gasteiger partial charge in [-0.15, -0.1) is 0 Å². The summed E-state index contributed by atoms with van der Waals surface area (Å²) in [5.74, 6) is -0.385. The van der Waals surface area contributed by atoms with Crippen molar-refractivity contribution in [1.82, 2.24) is 0 Å². The first-order chi connectivity index (χ1) is 12.7. The van der Waals surface area contributed by atoms with E-state index in [1.807, 2.05) is 31.2 Å². The van der Waals surface area contributed by atoms with Crippen LogP contribution in [-0.2, 0) is 21.2 Å². The number of fused-ring (bicyclic) bond motifs is 1. The largest absolute Gasteiger partial charge is 0.307 e. The van der Waals surface area contributed by atoms with Gasteiger partial charge in [0, 0.05) is 23.9 Å². The first-order valence-corrected chi connectivity index (χ1v) is 10.2. The topological polar surface area (TPSA) is 101 Å². The number of nitrogens with zero attached hydrogens (tertiary/aromatic N) is 3. The van der Waals surface area contributed by atoms with Crippen LogP contribution < -0.4 is 9.21 Å². The lowest BCUT2D eigenvalue weighted by Gasteiger charge is -2.27. The summed E-state index contributed by atoms with van der Waals surface area (Å²) in [6, 6.07) is 12.6. The molecule has 1 aliphatic heterocycles. The van der Waals surface area contributed by atoms with Crippen LogP contribution >= 0.6 is 0 Å². The van der Waals surface area contributed by atoms with Crippen LogP contribution in [0.5, 0.6) is 0 Å². The number of rotatable bonds is 5. The third kappa shape index (κ3) is 3.77. The number of sulfonamides is 1. The minimum Gasteiger partial charge on any atom is -0.307 e. The summed E-state index contributed by atoms with van der Waals surface area (Å²) in [5, 5.41) is 11.0. The molecule has 0 aromatic heterocycles. The lowest BCUT2D eigenvalue weighted by Crippen LogP contribution is -2.45. The van der Waals surface area contributed by atoms with Crippen molar-refractivity contribution >= 4 is 33.0 Å². The van der Waals surface area contributed by atoms with E-state index in [-0.39, 0.29) is 23.3 Å². The maximum Gasteiger partial charge on any atom is 0.271 e. The fourth-order valence-electron chi connectivity index (χ4n) is 3.31. The van der Waals surface area contributed by atoms with Crippen molar-refractivity contribution in [1.29, 1.82) is 0 Å². The number of anilines is 2. The Kier molecular flexibility index (Phi) is 4.88. The second-order valence-corrected chi connectivity index (χ2v) is 8.40. The Balaban J connectivity index is 1.94. The summed E-state index contributed by atoms with van der Waals surface area (Å²) in [6.45, 7) is 1.47. The molecule has 0 radical (unpaired) electrons. The van der Waals surface area contributed by atoms with E-state index in [0.717, 1.165) is 27.9 Å². The highest BCUT2D eigenvalue weighted by Crippen LogP contribution is 2.32. The summed E-state index contributed by atoms with van der Waals surface area (Å²) < 4.78 is 25.5. The predicted octanol–water partition coefficient (Wildman–Crippen LogP) is 2.34. The molecule has 142 valence electrons. The number of benzene rings is 2. The number of nitro groups is 1. The van der Waals surface area contributed by atoms with Crippen LogP contribution in [0, 0.1) is 10.1 Å². The van der Waals surface area contributed by atoms with E-state index < -0.39 is 21.5 Å². The highest BCUT2D eigenvalue weighted by molar-refractivity contribution is 7.92. The molecule has 1 amide bonds. The Labute approximate surface area is 157 Å². The van der Waals surface area contributed by atoms with Gasteiger partial charge >= 0.3 is 0 Å². The number of hydrogen-bond donors (Lipinski definition) is 0. The normalized spacial score (nSPS) is 16.1. The molecule has 9 heteroatoms. The minimum atomic E-state index is -3.82. The number of hydrogen-bond acceptors (Lipinski definition) is 5. The number of carbonyl (C=O) groups is 1. The molecule has 0 saturated carbocycles. The van der Waals surface area contributed by atoms with Gasteiger partial charge in [0.1, 0.15) is 6.54 Å². The highest BCUT2D eigenvalue weighted by atomic mass is 32.2. The molecule has 3 rings (SSSR count). The molecular weight excluding hydrogens is 370 g/mol. The molecule has 2 aromatic carbocycles. The number of nitro benzene ring substituents is 1. The standard InChI is InChI=1S/C18H19N3O5S/c1-13-10-14-6-3-4-9-17(14)20(13)18(22)12-19(27(2,25)26)15-7-5-8-16(11-15)21(23)24/h3-9,11,13H,10,12H2,1-2H3/t13-/m1/s1. The second kappa shape index (κ2) is 6.99. The molecule has 1 heterocycles. The van der Waals surface area contributed by atoms with E-state index in [1.54, 1.807) is 4.90 Å². The molecule has 0 N–H and O–H groups in total. The number of para-hydroxylation sites is 1. The molecule has 8 nitrogen and oxygen atoms in total. The molecule has 2 aromatic rings.